The van der Waals surface area contributed by atoms with Crippen LogP contribution in [0.2, 0.25) is 0 Å². The van der Waals surface area contributed by atoms with E-state index < -0.39 is 0 Å². The SMILES string of the molecule is CCNC(=NCc1ccc(Cn2ccccc2=O)cc1)NCC1(CCO)CCCCC1.I. The highest BCUT2D eigenvalue weighted by molar-refractivity contribution is 14.0. The third-order valence-electron chi connectivity index (χ3n) is 6.23. The summed E-state index contributed by atoms with van der Waals surface area (Å²) in [4.78, 5) is 16.7. The van der Waals surface area contributed by atoms with Crippen molar-refractivity contribution in [1.29, 1.82) is 0 Å². The van der Waals surface area contributed by atoms with E-state index in [4.69, 9.17) is 4.99 Å². The van der Waals surface area contributed by atoms with Gasteiger partial charge in [0, 0.05) is 32.0 Å². The van der Waals surface area contributed by atoms with Crippen molar-refractivity contribution in [3.05, 3.63) is 70.1 Å². The number of hydrogen-bond donors (Lipinski definition) is 3. The average molecular weight is 553 g/mol. The molecule has 0 atom stereocenters. The molecule has 1 fully saturated rings. The topological polar surface area (TPSA) is 78.7 Å². The molecule has 1 aromatic heterocycles. The van der Waals surface area contributed by atoms with Crippen molar-refractivity contribution in [2.24, 2.45) is 10.4 Å². The molecule has 3 N–H and O–H groups in total. The van der Waals surface area contributed by atoms with Crippen molar-refractivity contribution < 1.29 is 5.11 Å². The largest absolute Gasteiger partial charge is 0.396 e. The second-order valence-corrected chi connectivity index (χ2v) is 8.57. The molecule has 3 rings (SSSR count). The maximum Gasteiger partial charge on any atom is 0.250 e. The summed E-state index contributed by atoms with van der Waals surface area (Å²) in [6.07, 6.45) is 8.80. The van der Waals surface area contributed by atoms with E-state index in [2.05, 4.69) is 41.8 Å². The van der Waals surface area contributed by atoms with Gasteiger partial charge >= 0.3 is 0 Å². The third-order valence-corrected chi connectivity index (χ3v) is 6.23. The van der Waals surface area contributed by atoms with Crippen LogP contribution in [0, 0.1) is 5.41 Å². The van der Waals surface area contributed by atoms with Crippen molar-refractivity contribution in [2.45, 2.75) is 58.5 Å². The summed E-state index contributed by atoms with van der Waals surface area (Å²) in [6, 6.07) is 13.5. The van der Waals surface area contributed by atoms with Gasteiger partial charge in [-0.1, -0.05) is 49.6 Å². The molecular weight excluding hydrogens is 515 g/mol. The van der Waals surface area contributed by atoms with Crippen LogP contribution in [0.5, 0.6) is 0 Å². The molecule has 0 spiro atoms. The second-order valence-electron chi connectivity index (χ2n) is 8.57. The molecule has 0 amide bonds. The molecule has 176 valence electrons. The van der Waals surface area contributed by atoms with Gasteiger partial charge in [0.2, 0.25) is 0 Å². The van der Waals surface area contributed by atoms with E-state index in [1.807, 2.05) is 12.3 Å². The molecule has 1 heterocycles. The van der Waals surface area contributed by atoms with Crippen LogP contribution in [0.25, 0.3) is 0 Å². The first-order valence-corrected chi connectivity index (χ1v) is 11.5. The van der Waals surface area contributed by atoms with E-state index in [1.165, 1.54) is 32.1 Å². The van der Waals surface area contributed by atoms with Gasteiger partial charge in [0.05, 0.1) is 13.1 Å². The Hall–Kier alpha value is -1.87. The van der Waals surface area contributed by atoms with Gasteiger partial charge in [-0.15, -0.1) is 24.0 Å². The predicted octanol–water partition coefficient (Wildman–Crippen LogP) is 3.90. The zero-order chi connectivity index (χ0) is 21.9. The Morgan fingerprint density at radius 1 is 1.06 bits per heavy atom. The van der Waals surface area contributed by atoms with Crippen molar-refractivity contribution in [3.63, 3.8) is 0 Å². The smallest absolute Gasteiger partial charge is 0.250 e. The molecule has 1 saturated carbocycles. The Morgan fingerprint density at radius 3 is 2.44 bits per heavy atom. The van der Waals surface area contributed by atoms with Crippen LogP contribution in [-0.2, 0) is 13.1 Å². The quantitative estimate of drug-likeness (QED) is 0.251. The molecule has 32 heavy (non-hydrogen) atoms. The number of nitrogens with zero attached hydrogens (tertiary/aromatic N) is 2. The number of rotatable bonds is 9. The highest BCUT2D eigenvalue weighted by atomic mass is 127. The van der Waals surface area contributed by atoms with E-state index in [1.54, 1.807) is 16.7 Å². The maximum atomic E-state index is 11.9. The van der Waals surface area contributed by atoms with Crippen LogP contribution >= 0.6 is 24.0 Å². The first kappa shape index (κ1) is 26.4. The highest BCUT2D eigenvalue weighted by Gasteiger charge is 2.31. The van der Waals surface area contributed by atoms with Crippen LogP contribution in [-0.4, -0.2) is 35.3 Å². The normalized spacial score (nSPS) is 15.6. The minimum atomic E-state index is 0. The van der Waals surface area contributed by atoms with E-state index in [9.17, 15) is 9.90 Å². The van der Waals surface area contributed by atoms with Crippen LogP contribution in [0.4, 0.5) is 0 Å². The lowest BCUT2D eigenvalue weighted by atomic mass is 9.72. The summed E-state index contributed by atoms with van der Waals surface area (Å²) in [5.74, 6) is 0.824. The Morgan fingerprint density at radius 2 is 1.78 bits per heavy atom. The van der Waals surface area contributed by atoms with E-state index in [-0.39, 0.29) is 41.6 Å². The number of aliphatic hydroxyl groups is 1. The summed E-state index contributed by atoms with van der Waals surface area (Å²) < 4.78 is 1.70. The average Bonchev–Trinajstić information content (AvgIpc) is 2.79. The van der Waals surface area contributed by atoms with Crippen LogP contribution < -0.4 is 16.2 Å². The van der Waals surface area contributed by atoms with Crippen LogP contribution in [0.15, 0.2) is 58.4 Å². The van der Waals surface area contributed by atoms with Crippen molar-refractivity contribution in [3.8, 4) is 0 Å². The van der Waals surface area contributed by atoms with Gasteiger partial charge in [-0.3, -0.25) is 4.79 Å². The fraction of sp³-hybridized carbons (Fsp3) is 0.520. The van der Waals surface area contributed by atoms with E-state index in [0.29, 0.717) is 13.1 Å². The Kier molecular flexibility index (Phi) is 11.2. The van der Waals surface area contributed by atoms with Gasteiger partial charge in [-0.2, -0.15) is 0 Å². The van der Waals surface area contributed by atoms with Crippen molar-refractivity contribution >= 4 is 29.9 Å². The van der Waals surface area contributed by atoms with Crippen molar-refractivity contribution in [2.75, 3.05) is 19.7 Å². The molecular formula is C25H37IN4O2. The lowest BCUT2D eigenvalue weighted by molar-refractivity contribution is 0.131. The molecule has 0 saturated heterocycles. The number of guanidine groups is 1. The predicted molar refractivity (Wildman–Crippen MR) is 142 cm³/mol. The summed E-state index contributed by atoms with van der Waals surface area (Å²) in [5, 5.41) is 16.4. The van der Waals surface area contributed by atoms with Gasteiger partial charge < -0.3 is 20.3 Å². The molecule has 6 nitrogen and oxygen atoms in total. The highest BCUT2D eigenvalue weighted by Crippen LogP contribution is 2.38. The monoisotopic (exact) mass is 552 g/mol. The summed E-state index contributed by atoms with van der Waals surface area (Å²) in [5.41, 5.74) is 2.41. The molecule has 0 unspecified atom stereocenters. The molecule has 2 aromatic rings. The number of nitrogens with one attached hydrogen (secondary N) is 2. The summed E-state index contributed by atoms with van der Waals surface area (Å²) >= 11 is 0. The molecule has 0 aliphatic heterocycles. The van der Waals surface area contributed by atoms with Crippen LogP contribution in [0.1, 0.15) is 56.6 Å². The zero-order valence-electron chi connectivity index (χ0n) is 19.1. The number of benzene rings is 1. The Balaban J connectivity index is 0.00000363. The summed E-state index contributed by atoms with van der Waals surface area (Å²) in [7, 11) is 0. The van der Waals surface area contributed by atoms with Gasteiger partial charge in [-0.25, -0.2) is 4.99 Å². The third kappa shape index (κ3) is 7.92. The van der Waals surface area contributed by atoms with Gasteiger partial charge in [0.15, 0.2) is 5.96 Å². The number of hydrogen-bond acceptors (Lipinski definition) is 3. The molecule has 0 radical (unpaired) electrons. The zero-order valence-corrected chi connectivity index (χ0v) is 21.4. The van der Waals surface area contributed by atoms with Crippen LogP contribution in [0.3, 0.4) is 0 Å². The Labute approximate surface area is 208 Å². The number of pyridine rings is 1. The summed E-state index contributed by atoms with van der Waals surface area (Å²) in [6.45, 7) is 5.14. The minimum absolute atomic E-state index is 0. The minimum Gasteiger partial charge on any atom is -0.396 e. The molecule has 1 aliphatic rings. The van der Waals surface area contributed by atoms with E-state index in [0.717, 1.165) is 36.6 Å². The molecule has 7 heteroatoms. The number of aliphatic hydroxyl groups excluding tert-OH is 1. The fourth-order valence-corrected chi connectivity index (χ4v) is 4.38. The lowest BCUT2D eigenvalue weighted by Crippen LogP contribution is -2.44. The second kappa shape index (κ2) is 13.6. The molecule has 1 aromatic carbocycles. The van der Waals surface area contributed by atoms with Crippen molar-refractivity contribution in [1.82, 2.24) is 15.2 Å². The number of halogens is 1. The van der Waals surface area contributed by atoms with E-state index >= 15 is 0 Å². The first-order chi connectivity index (χ1) is 15.1. The fourth-order valence-electron chi connectivity index (χ4n) is 4.38. The maximum absolute atomic E-state index is 11.9. The standard InChI is InChI=1S/C25H36N4O2.HI/c1-2-26-24(28-20-25(15-17-30)13-5-3-6-14-25)27-18-21-9-11-22(12-10-21)19-29-16-7-4-8-23(29)31;/h4,7-12,16,30H,2-3,5-6,13-15,17-20H2,1H3,(H2,26,27,28);1H. The lowest BCUT2D eigenvalue weighted by Gasteiger charge is -2.37. The first-order valence-electron chi connectivity index (χ1n) is 11.5. The Bertz CT molecular complexity index is 884. The molecule has 1 aliphatic carbocycles. The molecule has 0 bridgehead atoms. The van der Waals surface area contributed by atoms with Gasteiger partial charge in [0.25, 0.3) is 5.56 Å². The number of aromatic nitrogens is 1. The number of aliphatic imine (C=N–C) groups is 1. The van der Waals surface area contributed by atoms with Gasteiger partial charge in [0.1, 0.15) is 0 Å². The van der Waals surface area contributed by atoms with Gasteiger partial charge in [-0.05, 0) is 48.8 Å².